The molecule has 1 heterocycles. The predicted octanol–water partition coefficient (Wildman–Crippen LogP) is 1.06. The molecule has 1 aromatic rings. The van der Waals surface area contributed by atoms with Gasteiger partial charge >= 0.3 is 0 Å². The summed E-state index contributed by atoms with van der Waals surface area (Å²) in [6.45, 7) is 5.52. The van der Waals surface area contributed by atoms with Gasteiger partial charge in [0, 0.05) is 25.7 Å². The molecule has 1 aromatic carbocycles. The Morgan fingerprint density at radius 3 is 2.65 bits per heavy atom. The van der Waals surface area contributed by atoms with Crippen LogP contribution >= 0.6 is 0 Å². The Bertz CT molecular complexity index is 572. The maximum atomic E-state index is 12.7. The molecule has 6 heteroatoms. The van der Waals surface area contributed by atoms with Crippen LogP contribution in [-0.4, -0.2) is 55.5 Å². The van der Waals surface area contributed by atoms with Crippen LogP contribution in [0.2, 0.25) is 0 Å². The van der Waals surface area contributed by atoms with E-state index in [0.717, 1.165) is 13.1 Å². The Hall–Kier alpha value is -0.950. The van der Waals surface area contributed by atoms with Gasteiger partial charge in [0.15, 0.2) is 0 Å². The molecular formula is C14H22N2O3S. The van der Waals surface area contributed by atoms with Crippen LogP contribution in [0.3, 0.4) is 0 Å². The SMILES string of the molecule is CC(O)c1cccc(S(=O)(=O)N2CCN(C)CC2C)c1. The van der Waals surface area contributed by atoms with Crippen LogP contribution in [0.1, 0.15) is 25.5 Å². The van der Waals surface area contributed by atoms with Gasteiger partial charge in [0.05, 0.1) is 11.0 Å². The van der Waals surface area contributed by atoms with Crippen molar-refractivity contribution in [1.29, 1.82) is 0 Å². The van der Waals surface area contributed by atoms with E-state index >= 15 is 0 Å². The first-order valence-corrected chi connectivity index (χ1v) is 8.25. The van der Waals surface area contributed by atoms with Crippen LogP contribution in [0.25, 0.3) is 0 Å². The van der Waals surface area contributed by atoms with E-state index in [2.05, 4.69) is 4.90 Å². The summed E-state index contributed by atoms with van der Waals surface area (Å²) in [6, 6.07) is 6.51. The van der Waals surface area contributed by atoms with E-state index in [1.807, 2.05) is 14.0 Å². The Labute approximate surface area is 120 Å². The van der Waals surface area contributed by atoms with Crippen molar-refractivity contribution in [2.45, 2.75) is 30.9 Å². The molecule has 1 aliphatic heterocycles. The summed E-state index contributed by atoms with van der Waals surface area (Å²) >= 11 is 0. The maximum absolute atomic E-state index is 12.7. The lowest BCUT2D eigenvalue weighted by Crippen LogP contribution is -2.52. The van der Waals surface area contributed by atoms with Gasteiger partial charge in [-0.25, -0.2) is 8.42 Å². The normalized spacial score (nSPS) is 23.7. The highest BCUT2D eigenvalue weighted by Crippen LogP contribution is 2.23. The largest absolute Gasteiger partial charge is 0.389 e. The standard InChI is InChI=1S/C14H22N2O3S/c1-11-10-15(3)7-8-16(11)20(18,19)14-6-4-5-13(9-14)12(2)17/h4-6,9,11-12,17H,7-8,10H2,1-3H3. The lowest BCUT2D eigenvalue weighted by atomic mass is 10.1. The van der Waals surface area contributed by atoms with Gasteiger partial charge < -0.3 is 10.0 Å². The number of hydrogen-bond acceptors (Lipinski definition) is 4. The molecule has 0 saturated carbocycles. The molecular weight excluding hydrogens is 276 g/mol. The van der Waals surface area contributed by atoms with Crippen LogP contribution in [0, 0.1) is 0 Å². The van der Waals surface area contributed by atoms with Crippen molar-refractivity contribution in [3.8, 4) is 0 Å². The number of benzene rings is 1. The van der Waals surface area contributed by atoms with E-state index in [0.29, 0.717) is 12.1 Å². The average molecular weight is 298 g/mol. The lowest BCUT2D eigenvalue weighted by molar-refractivity contribution is 0.170. The van der Waals surface area contributed by atoms with Crippen molar-refractivity contribution in [3.05, 3.63) is 29.8 Å². The van der Waals surface area contributed by atoms with Crippen molar-refractivity contribution >= 4 is 10.0 Å². The molecule has 1 N–H and O–H groups in total. The van der Waals surface area contributed by atoms with Gasteiger partial charge in [-0.15, -0.1) is 0 Å². The van der Waals surface area contributed by atoms with E-state index in [1.165, 1.54) is 0 Å². The third-order valence-electron chi connectivity index (χ3n) is 3.72. The van der Waals surface area contributed by atoms with E-state index in [-0.39, 0.29) is 10.9 Å². The van der Waals surface area contributed by atoms with E-state index in [1.54, 1.807) is 35.5 Å². The number of likely N-dealkylation sites (N-methyl/N-ethyl adjacent to an activating group) is 1. The van der Waals surface area contributed by atoms with E-state index in [9.17, 15) is 13.5 Å². The second kappa shape index (κ2) is 5.81. The number of aliphatic hydroxyl groups excluding tert-OH is 1. The molecule has 0 aliphatic carbocycles. The van der Waals surface area contributed by atoms with Crippen molar-refractivity contribution in [2.75, 3.05) is 26.7 Å². The third kappa shape index (κ3) is 3.03. The van der Waals surface area contributed by atoms with Crippen LogP contribution in [-0.2, 0) is 10.0 Å². The van der Waals surface area contributed by atoms with Crippen LogP contribution in [0.4, 0.5) is 0 Å². The van der Waals surface area contributed by atoms with Crippen molar-refractivity contribution in [3.63, 3.8) is 0 Å². The Kier molecular flexibility index (Phi) is 4.49. The molecule has 5 nitrogen and oxygen atoms in total. The molecule has 112 valence electrons. The van der Waals surface area contributed by atoms with Gasteiger partial charge in [0.2, 0.25) is 10.0 Å². The molecule has 0 amide bonds. The molecule has 0 radical (unpaired) electrons. The van der Waals surface area contributed by atoms with E-state index < -0.39 is 16.1 Å². The minimum Gasteiger partial charge on any atom is -0.389 e. The fraction of sp³-hybridized carbons (Fsp3) is 0.571. The highest BCUT2D eigenvalue weighted by atomic mass is 32.2. The molecule has 0 aromatic heterocycles. The van der Waals surface area contributed by atoms with Crippen LogP contribution in [0.5, 0.6) is 0 Å². The minimum absolute atomic E-state index is 0.0473. The zero-order valence-corrected chi connectivity index (χ0v) is 13.0. The molecule has 1 fully saturated rings. The number of sulfonamides is 1. The van der Waals surface area contributed by atoms with Gasteiger partial charge in [0.25, 0.3) is 0 Å². The molecule has 0 spiro atoms. The zero-order chi connectivity index (χ0) is 14.9. The third-order valence-corrected chi connectivity index (χ3v) is 5.73. The summed E-state index contributed by atoms with van der Waals surface area (Å²) in [5, 5.41) is 9.60. The maximum Gasteiger partial charge on any atom is 0.243 e. The highest BCUT2D eigenvalue weighted by molar-refractivity contribution is 7.89. The summed E-state index contributed by atoms with van der Waals surface area (Å²) in [5.41, 5.74) is 0.618. The fourth-order valence-corrected chi connectivity index (χ4v) is 4.22. The smallest absolute Gasteiger partial charge is 0.243 e. The number of piperazine rings is 1. The zero-order valence-electron chi connectivity index (χ0n) is 12.2. The average Bonchev–Trinajstić information content (AvgIpc) is 2.38. The Morgan fingerprint density at radius 2 is 2.05 bits per heavy atom. The van der Waals surface area contributed by atoms with Crippen LogP contribution < -0.4 is 0 Å². The minimum atomic E-state index is -3.50. The van der Waals surface area contributed by atoms with Gasteiger partial charge in [-0.05, 0) is 38.6 Å². The van der Waals surface area contributed by atoms with Crippen molar-refractivity contribution in [1.82, 2.24) is 9.21 Å². The van der Waals surface area contributed by atoms with Crippen LogP contribution in [0.15, 0.2) is 29.2 Å². The predicted molar refractivity (Wildman–Crippen MR) is 77.9 cm³/mol. The molecule has 1 aliphatic rings. The molecule has 0 bridgehead atoms. The van der Waals surface area contributed by atoms with Crippen molar-refractivity contribution < 1.29 is 13.5 Å². The quantitative estimate of drug-likeness (QED) is 0.906. The topological polar surface area (TPSA) is 60.9 Å². The summed E-state index contributed by atoms with van der Waals surface area (Å²) in [7, 11) is -1.50. The van der Waals surface area contributed by atoms with Crippen molar-refractivity contribution in [2.24, 2.45) is 0 Å². The summed E-state index contributed by atoms with van der Waals surface area (Å²) in [5.74, 6) is 0. The fourth-order valence-electron chi connectivity index (χ4n) is 2.55. The first kappa shape index (κ1) is 15.4. The van der Waals surface area contributed by atoms with Gasteiger partial charge in [-0.1, -0.05) is 12.1 Å². The Morgan fingerprint density at radius 1 is 1.35 bits per heavy atom. The molecule has 2 rings (SSSR count). The molecule has 20 heavy (non-hydrogen) atoms. The number of rotatable bonds is 3. The summed E-state index contributed by atoms with van der Waals surface area (Å²) < 4.78 is 27.0. The second-order valence-electron chi connectivity index (χ2n) is 5.48. The summed E-state index contributed by atoms with van der Waals surface area (Å²) in [6.07, 6.45) is -0.671. The van der Waals surface area contributed by atoms with Gasteiger partial charge in [-0.2, -0.15) is 4.31 Å². The second-order valence-corrected chi connectivity index (χ2v) is 7.37. The monoisotopic (exact) mass is 298 g/mol. The van der Waals surface area contributed by atoms with Gasteiger partial charge in [-0.3, -0.25) is 0 Å². The first-order valence-electron chi connectivity index (χ1n) is 6.81. The highest BCUT2D eigenvalue weighted by Gasteiger charge is 2.32. The van der Waals surface area contributed by atoms with Gasteiger partial charge in [0.1, 0.15) is 0 Å². The van der Waals surface area contributed by atoms with E-state index in [4.69, 9.17) is 0 Å². The number of nitrogens with zero attached hydrogens (tertiary/aromatic N) is 2. The lowest BCUT2D eigenvalue weighted by Gasteiger charge is -2.37. The molecule has 1 saturated heterocycles. The summed E-state index contributed by atoms with van der Waals surface area (Å²) in [4.78, 5) is 2.38. The number of aliphatic hydroxyl groups is 1. The Balaban J connectivity index is 2.33. The first-order chi connectivity index (χ1) is 9.32. The number of hydrogen-bond donors (Lipinski definition) is 1. The molecule has 2 atom stereocenters. The molecule has 2 unspecified atom stereocenters.